The molecule has 2 rings (SSSR count). The van der Waals surface area contributed by atoms with Crippen LogP contribution in [0.1, 0.15) is 11.1 Å². The van der Waals surface area contributed by atoms with Gasteiger partial charge in [0, 0.05) is 11.9 Å². The number of benzene rings is 1. The molecule has 4 nitrogen and oxygen atoms in total. The van der Waals surface area contributed by atoms with Gasteiger partial charge in [-0.25, -0.2) is 0 Å². The summed E-state index contributed by atoms with van der Waals surface area (Å²) in [4.78, 5) is 4.00. The van der Waals surface area contributed by atoms with Crippen molar-refractivity contribution in [3.05, 3.63) is 47.8 Å². The predicted octanol–water partition coefficient (Wildman–Crippen LogP) is 2.59. The summed E-state index contributed by atoms with van der Waals surface area (Å²) in [6.45, 7) is 1.98. The van der Waals surface area contributed by atoms with E-state index in [0.717, 1.165) is 16.9 Å². The molecule has 4 heteroatoms. The highest BCUT2D eigenvalue weighted by Crippen LogP contribution is 2.22. The van der Waals surface area contributed by atoms with E-state index < -0.39 is 0 Å². The Hall–Kier alpha value is -2.54. The first-order valence-electron chi connectivity index (χ1n) is 5.17. The van der Waals surface area contributed by atoms with Crippen LogP contribution >= 0.6 is 0 Å². The van der Waals surface area contributed by atoms with Gasteiger partial charge in [-0.3, -0.25) is 4.98 Å². The number of hydrogen-bond acceptors (Lipinski definition) is 4. The highest BCUT2D eigenvalue weighted by molar-refractivity contribution is 5.66. The average Bonchev–Trinajstić information content (AvgIpc) is 2.32. The molecule has 1 heterocycles. The minimum absolute atomic E-state index is 0.601. The van der Waals surface area contributed by atoms with E-state index in [2.05, 4.69) is 16.4 Å². The molecule has 0 atom stereocenters. The zero-order valence-electron chi connectivity index (χ0n) is 9.44. The van der Waals surface area contributed by atoms with Gasteiger partial charge < -0.3 is 11.1 Å². The second-order valence-electron chi connectivity index (χ2n) is 3.77. The molecule has 2 aromatic rings. The highest BCUT2D eigenvalue weighted by atomic mass is 14.9. The lowest BCUT2D eigenvalue weighted by molar-refractivity contribution is 1.32. The fourth-order valence-corrected chi connectivity index (χ4v) is 1.51. The third-order valence-electron chi connectivity index (χ3n) is 2.41. The fraction of sp³-hybridized carbons (Fsp3) is 0.0769. The first-order valence-corrected chi connectivity index (χ1v) is 5.17. The van der Waals surface area contributed by atoms with Crippen LogP contribution in [0.4, 0.5) is 17.1 Å². The monoisotopic (exact) mass is 224 g/mol. The third kappa shape index (κ3) is 2.52. The first kappa shape index (κ1) is 11.0. The Bertz CT molecular complexity index is 584. The molecular weight excluding hydrogens is 212 g/mol. The van der Waals surface area contributed by atoms with E-state index in [9.17, 15) is 0 Å². The Labute approximate surface area is 99.7 Å². The lowest BCUT2D eigenvalue weighted by Crippen LogP contribution is -1.96. The molecule has 0 amide bonds. The minimum atomic E-state index is 0.601. The number of pyridine rings is 1. The summed E-state index contributed by atoms with van der Waals surface area (Å²) < 4.78 is 0. The Morgan fingerprint density at radius 2 is 2.12 bits per heavy atom. The van der Waals surface area contributed by atoms with Crippen LogP contribution in [0.3, 0.4) is 0 Å². The van der Waals surface area contributed by atoms with E-state index in [4.69, 9.17) is 11.0 Å². The van der Waals surface area contributed by atoms with E-state index >= 15 is 0 Å². The zero-order valence-corrected chi connectivity index (χ0v) is 9.44. The number of aromatic nitrogens is 1. The van der Waals surface area contributed by atoms with Gasteiger partial charge in [-0.2, -0.15) is 5.26 Å². The molecule has 84 valence electrons. The van der Waals surface area contributed by atoms with Gasteiger partial charge in [0.25, 0.3) is 0 Å². The van der Waals surface area contributed by atoms with E-state index in [1.807, 2.05) is 13.0 Å². The van der Waals surface area contributed by atoms with Gasteiger partial charge in [0.05, 0.1) is 29.2 Å². The molecule has 1 aromatic carbocycles. The lowest BCUT2D eigenvalue weighted by Gasteiger charge is -2.09. The van der Waals surface area contributed by atoms with Crippen LogP contribution in [0.15, 0.2) is 36.7 Å². The molecule has 17 heavy (non-hydrogen) atoms. The maximum absolute atomic E-state index is 8.85. The summed E-state index contributed by atoms with van der Waals surface area (Å²) in [6, 6.07) is 9.41. The van der Waals surface area contributed by atoms with Crippen molar-refractivity contribution in [2.24, 2.45) is 0 Å². The molecule has 3 N–H and O–H groups in total. The smallest absolute Gasteiger partial charge is 0.0992 e. The van der Waals surface area contributed by atoms with Gasteiger partial charge in [-0.05, 0) is 30.7 Å². The number of anilines is 3. The van der Waals surface area contributed by atoms with Crippen molar-refractivity contribution in [3.63, 3.8) is 0 Å². The Kier molecular flexibility index (Phi) is 2.93. The number of nitrogens with zero attached hydrogens (tertiary/aromatic N) is 2. The van der Waals surface area contributed by atoms with Gasteiger partial charge in [0.1, 0.15) is 0 Å². The maximum Gasteiger partial charge on any atom is 0.0992 e. The van der Waals surface area contributed by atoms with Crippen LogP contribution in [0, 0.1) is 18.3 Å². The fourth-order valence-electron chi connectivity index (χ4n) is 1.51. The molecule has 0 fully saturated rings. The summed E-state index contributed by atoms with van der Waals surface area (Å²) in [5, 5.41) is 12.0. The van der Waals surface area contributed by atoms with Crippen molar-refractivity contribution < 1.29 is 0 Å². The summed E-state index contributed by atoms with van der Waals surface area (Å²) in [5.41, 5.74) is 9.63. The normalized spacial score (nSPS) is 9.65. The quantitative estimate of drug-likeness (QED) is 0.822. The van der Waals surface area contributed by atoms with Crippen LogP contribution in [0.25, 0.3) is 0 Å². The Morgan fingerprint density at radius 3 is 2.82 bits per heavy atom. The molecule has 1 aromatic heterocycles. The SMILES string of the molecule is Cc1ccc(C#N)cc1Nc1cncc(N)c1. The van der Waals surface area contributed by atoms with Crippen molar-refractivity contribution in [2.45, 2.75) is 6.92 Å². The molecule has 0 aliphatic rings. The second-order valence-corrected chi connectivity index (χ2v) is 3.77. The minimum Gasteiger partial charge on any atom is -0.397 e. The number of hydrogen-bond donors (Lipinski definition) is 2. The van der Waals surface area contributed by atoms with Crippen molar-refractivity contribution in [2.75, 3.05) is 11.1 Å². The van der Waals surface area contributed by atoms with Gasteiger partial charge in [0.15, 0.2) is 0 Å². The van der Waals surface area contributed by atoms with Gasteiger partial charge in [-0.1, -0.05) is 6.07 Å². The highest BCUT2D eigenvalue weighted by Gasteiger charge is 2.01. The van der Waals surface area contributed by atoms with Gasteiger partial charge in [-0.15, -0.1) is 0 Å². The second kappa shape index (κ2) is 4.54. The van der Waals surface area contributed by atoms with Crippen molar-refractivity contribution in [1.29, 1.82) is 5.26 Å². The molecular formula is C13H12N4. The van der Waals surface area contributed by atoms with Gasteiger partial charge >= 0.3 is 0 Å². The standard InChI is InChI=1S/C13H12N4/c1-9-2-3-10(6-14)4-13(9)17-12-5-11(15)7-16-8-12/h2-5,7-8,17H,15H2,1H3. The molecule has 0 saturated carbocycles. The van der Waals surface area contributed by atoms with Crippen LogP contribution in [-0.4, -0.2) is 4.98 Å². The first-order chi connectivity index (χ1) is 8.19. The van der Waals surface area contributed by atoms with Crippen molar-refractivity contribution >= 4 is 17.1 Å². The predicted molar refractivity (Wildman–Crippen MR) is 67.8 cm³/mol. The van der Waals surface area contributed by atoms with Crippen molar-refractivity contribution in [3.8, 4) is 6.07 Å². The van der Waals surface area contributed by atoms with E-state index in [-0.39, 0.29) is 0 Å². The number of rotatable bonds is 2. The van der Waals surface area contributed by atoms with E-state index in [1.54, 1.807) is 30.6 Å². The maximum atomic E-state index is 8.85. The molecule has 0 spiro atoms. The molecule has 0 saturated heterocycles. The molecule has 0 bridgehead atoms. The number of nitrogens with one attached hydrogen (secondary N) is 1. The van der Waals surface area contributed by atoms with Crippen LogP contribution in [-0.2, 0) is 0 Å². The average molecular weight is 224 g/mol. The summed E-state index contributed by atoms with van der Waals surface area (Å²) >= 11 is 0. The van der Waals surface area contributed by atoms with Crippen molar-refractivity contribution in [1.82, 2.24) is 4.98 Å². The zero-order chi connectivity index (χ0) is 12.3. The molecule has 0 aliphatic carbocycles. The number of nitrogen functional groups attached to an aromatic ring is 1. The molecule has 0 aliphatic heterocycles. The van der Waals surface area contributed by atoms with E-state index in [0.29, 0.717) is 11.3 Å². The topological polar surface area (TPSA) is 74.7 Å². The number of nitrogens with two attached hydrogens (primary N) is 1. The summed E-state index contributed by atoms with van der Waals surface area (Å²) in [5.74, 6) is 0. The van der Waals surface area contributed by atoms with E-state index in [1.165, 1.54) is 0 Å². The number of aryl methyl sites for hydroxylation is 1. The Morgan fingerprint density at radius 1 is 1.29 bits per heavy atom. The summed E-state index contributed by atoms with van der Waals surface area (Å²) in [6.07, 6.45) is 3.28. The summed E-state index contributed by atoms with van der Waals surface area (Å²) in [7, 11) is 0. The number of nitriles is 1. The van der Waals surface area contributed by atoms with Crippen LogP contribution in [0.5, 0.6) is 0 Å². The third-order valence-corrected chi connectivity index (χ3v) is 2.41. The lowest BCUT2D eigenvalue weighted by atomic mass is 10.1. The Balaban J connectivity index is 2.33. The largest absolute Gasteiger partial charge is 0.397 e. The van der Waals surface area contributed by atoms with Crippen LogP contribution < -0.4 is 11.1 Å². The van der Waals surface area contributed by atoms with Crippen LogP contribution in [0.2, 0.25) is 0 Å². The van der Waals surface area contributed by atoms with Gasteiger partial charge in [0.2, 0.25) is 0 Å². The molecule has 0 radical (unpaired) electrons. The molecule has 0 unspecified atom stereocenters.